The highest BCUT2D eigenvalue weighted by molar-refractivity contribution is 7.22. The van der Waals surface area contributed by atoms with E-state index in [0.717, 1.165) is 10.2 Å². The van der Waals surface area contributed by atoms with E-state index in [2.05, 4.69) is 10.3 Å². The van der Waals surface area contributed by atoms with Crippen molar-refractivity contribution in [2.75, 3.05) is 12.4 Å². The van der Waals surface area contributed by atoms with Gasteiger partial charge in [0.05, 0.1) is 22.9 Å². The topological polar surface area (TPSA) is 73.2 Å². The molecule has 0 aliphatic heterocycles. The Hall–Kier alpha value is -2.38. The number of thiazole rings is 1. The van der Waals surface area contributed by atoms with Gasteiger partial charge in [-0.05, 0) is 18.2 Å². The number of amides is 1. The number of halogens is 1. The molecule has 0 atom stereocenters. The molecule has 0 spiro atoms. The maximum absolute atomic E-state index is 12.4. The molecule has 0 unspecified atom stereocenters. The van der Waals surface area contributed by atoms with E-state index in [1.165, 1.54) is 35.3 Å². The molecule has 6 nitrogen and oxygen atoms in total. The Morgan fingerprint density at radius 3 is 2.91 bits per heavy atom. The average Bonchev–Trinajstić information content (AvgIpc) is 2.90. The summed E-state index contributed by atoms with van der Waals surface area (Å²) in [7, 11) is 2.98. The molecule has 3 aromatic rings. The van der Waals surface area contributed by atoms with Crippen LogP contribution in [0, 0.1) is 0 Å². The Morgan fingerprint density at radius 2 is 2.17 bits per heavy atom. The van der Waals surface area contributed by atoms with Crippen LogP contribution in [0.3, 0.4) is 0 Å². The number of carbonyl (C=O) groups excluding carboxylic acids is 1. The minimum atomic E-state index is -0.400. The van der Waals surface area contributed by atoms with Crippen LogP contribution in [0.1, 0.15) is 10.4 Å². The Labute approximate surface area is 140 Å². The normalized spacial score (nSPS) is 10.7. The number of fused-ring (bicyclic) bond motifs is 1. The van der Waals surface area contributed by atoms with Gasteiger partial charge in [-0.25, -0.2) is 4.98 Å². The number of aromatic nitrogens is 2. The van der Waals surface area contributed by atoms with Crippen molar-refractivity contribution >= 4 is 44.2 Å². The number of nitrogens with one attached hydrogen (secondary N) is 1. The lowest BCUT2D eigenvalue weighted by molar-refractivity contribution is 0.102. The number of anilines is 1. The van der Waals surface area contributed by atoms with Crippen molar-refractivity contribution in [2.24, 2.45) is 7.05 Å². The van der Waals surface area contributed by atoms with Crippen molar-refractivity contribution in [1.29, 1.82) is 0 Å². The zero-order chi connectivity index (χ0) is 16.6. The van der Waals surface area contributed by atoms with Gasteiger partial charge >= 0.3 is 0 Å². The third-order valence-corrected chi connectivity index (χ3v) is 4.39. The first-order valence-electron chi connectivity index (χ1n) is 6.60. The van der Waals surface area contributed by atoms with Crippen molar-refractivity contribution < 1.29 is 9.53 Å². The lowest BCUT2D eigenvalue weighted by atomic mass is 10.2. The number of rotatable bonds is 3. The molecule has 0 saturated heterocycles. The molecule has 0 saturated carbocycles. The zero-order valence-electron chi connectivity index (χ0n) is 12.3. The summed E-state index contributed by atoms with van der Waals surface area (Å²) in [5.41, 5.74) is 0.752. The van der Waals surface area contributed by atoms with Gasteiger partial charge in [0.2, 0.25) is 0 Å². The van der Waals surface area contributed by atoms with Crippen molar-refractivity contribution in [2.45, 2.75) is 0 Å². The molecule has 8 heteroatoms. The number of aryl methyl sites for hydroxylation is 1. The molecule has 1 aromatic carbocycles. The van der Waals surface area contributed by atoms with E-state index in [4.69, 9.17) is 16.3 Å². The molecule has 1 N–H and O–H groups in total. The van der Waals surface area contributed by atoms with Gasteiger partial charge in [0.25, 0.3) is 11.5 Å². The number of pyridine rings is 1. The van der Waals surface area contributed by atoms with Crippen molar-refractivity contribution in [3.8, 4) is 5.75 Å². The molecule has 0 radical (unpaired) electrons. The Bertz CT molecular complexity index is 964. The molecule has 1 amide bonds. The lowest BCUT2D eigenvalue weighted by Crippen LogP contribution is -2.21. The maximum Gasteiger partial charge on any atom is 0.262 e. The summed E-state index contributed by atoms with van der Waals surface area (Å²) in [5, 5.41) is 3.78. The summed E-state index contributed by atoms with van der Waals surface area (Å²) >= 11 is 7.26. The summed E-state index contributed by atoms with van der Waals surface area (Å²) in [6.07, 6.45) is 1.43. The standard InChI is InChI=1S/C15H12ClN3O3S/c1-19-7-9(11(22-2)6-13(19)20)14(21)18-15-17-10-4-3-8(16)5-12(10)23-15/h3-7H,1-2H3,(H,17,18,21). The fourth-order valence-corrected chi connectivity index (χ4v) is 3.21. The van der Waals surface area contributed by atoms with Gasteiger partial charge in [-0.3, -0.25) is 14.9 Å². The van der Waals surface area contributed by atoms with Crippen LogP contribution >= 0.6 is 22.9 Å². The number of hydrogen-bond donors (Lipinski definition) is 1. The summed E-state index contributed by atoms with van der Waals surface area (Å²) in [6.45, 7) is 0. The second-order valence-electron chi connectivity index (χ2n) is 4.79. The number of methoxy groups -OCH3 is 1. The molecule has 118 valence electrons. The van der Waals surface area contributed by atoms with E-state index in [1.54, 1.807) is 25.2 Å². The predicted molar refractivity (Wildman–Crippen MR) is 90.8 cm³/mol. The summed E-state index contributed by atoms with van der Waals surface area (Å²) in [5.74, 6) is -0.183. The van der Waals surface area contributed by atoms with E-state index in [1.807, 2.05) is 0 Å². The average molecular weight is 350 g/mol. The molecular weight excluding hydrogens is 338 g/mol. The predicted octanol–water partition coefficient (Wildman–Crippen LogP) is 2.91. The van der Waals surface area contributed by atoms with Gasteiger partial charge in [-0.15, -0.1) is 0 Å². The number of benzene rings is 1. The van der Waals surface area contributed by atoms with Crippen LogP contribution in [-0.4, -0.2) is 22.6 Å². The quantitative estimate of drug-likeness (QED) is 0.789. The smallest absolute Gasteiger partial charge is 0.262 e. The SMILES string of the molecule is COc1cc(=O)n(C)cc1C(=O)Nc1nc2ccc(Cl)cc2s1. The van der Waals surface area contributed by atoms with Crippen LogP contribution < -0.4 is 15.6 Å². The zero-order valence-corrected chi connectivity index (χ0v) is 13.9. The summed E-state index contributed by atoms with van der Waals surface area (Å²) in [4.78, 5) is 28.4. The van der Waals surface area contributed by atoms with Crippen LogP contribution in [0.4, 0.5) is 5.13 Å². The van der Waals surface area contributed by atoms with E-state index in [0.29, 0.717) is 10.2 Å². The molecule has 0 fully saturated rings. The van der Waals surface area contributed by atoms with E-state index < -0.39 is 5.91 Å². The van der Waals surface area contributed by atoms with Crippen LogP contribution in [0.5, 0.6) is 5.75 Å². The fourth-order valence-electron chi connectivity index (χ4n) is 2.07. The Balaban J connectivity index is 1.94. The molecule has 2 heterocycles. The molecular formula is C15H12ClN3O3S. The molecule has 3 rings (SSSR count). The molecule has 2 aromatic heterocycles. The molecule has 23 heavy (non-hydrogen) atoms. The first kappa shape index (κ1) is 15.5. The first-order valence-corrected chi connectivity index (χ1v) is 7.79. The highest BCUT2D eigenvalue weighted by Crippen LogP contribution is 2.29. The van der Waals surface area contributed by atoms with E-state index in [9.17, 15) is 9.59 Å². The van der Waals surface area contributed by atoms with Crippen LogP contribution in [0.15, 0.2) is 35.3 Å². The monoisotopic (exact) mass is 349 g/mol. The Kier molecular flexibility index (Phi) is 4.06. The largest absolute Gasteiger partial charge is 0.496 e. The van der Waals surface area contributed by atoms with Gasteiger partial charge in [-0.1, -0.05) is 22.9 Å². The molecule has 0 bridgehead atoms. The first-order chi connectivity index (χ1) is 11.0. The minimum Gasteiger partial charge on any atom is -0.496 e. The number of ether oxygens (including phenoxy) is 1. The second kappa shape index (κ2) is 6.02. The van der Waals surface area contributed by atoms with Crippen molar-refractivity contribution in [3.05, 3.63) is 51.4 Å². The number of hydrogen-bond acceptors (Lipinski definition) is 5. The molecule has 0 aliphatic carbocycles. The molecule has 0 aliphatic rings. The van der Waals surface area contributed by atoms with Gasteiger partial charge in [0.15, 0.2) is 5.13 Å². The third kappa shape index (κ3) is 3.06. The number of nitrogens with zero attached hydrogens (tertiary/aromatic N) is 2. The summed E-state index contributed by atoms with van der Waals surface area (Å²) < 4.78 is 7.30. The van der Waals surface area contributed by atoms with Crippen LogP contribution in [0.2, 0.25) is 5.02 Å². The van der Waals surface area contributed by atoms with Gasteiger partial charge < -0.3 is 9.30 Å². The fraction of sp³-hybridized carbons (Fsp3) is 0.133. The third-order valence-electron chi connectivity index (χ3n) is 3.23. The highest BCUT2D eigenvalue weighted by Gasteiger charge is 2.16. The Morgan fingerprint density at radius 1 is 1.39 bits per heavy atom. The van der Waals surface area contributed by atoms with Crippen molar-refractivity contribution in [3.63, 3.8) is 0 Å². The summed E-state index contributed by atoms with van der Waals surface area (Å²) in [6, 6.07) is 6.59. The van der Waals surface area contributed by atoms with E-state index in [-0.39, 0.29) is 16.9 Å². The second-order valence-corrected chi connectivity index (χ2v) is 6.26. The number of carbonyl (C=O) groups is 1. The van der Waals surface area contributed by atoms with Crippen LogP contribution in [0.25, 0.3) is 10.2 Å². The highest BCUT2D eigenvalue weighted by atomic mass is 35.5. The van der Waals surface area contributed by atoms with Gasteiger partial charge in [-0.2, -0.15) is 0 Å². The minimum absolute atomic E-state index is 0.217. The van der Waals surface area contributed by atoms with Crippen LogP contribution in [-0.2, 0) is 7.05 Å². The van der Waals surface area contributed by atoms with Gasteiger partial charge in [0.1, 0.15) is 5.75 Å². The van der Waals surface area contributed by atoms with E-state index >= 15 is 0 Å². The van der Waals surface area contributed by atoms with Gasteiger partial charge in [0, 0.05) is 24.3 Å². The van der Waals surface area contributed by atoms with Crippen molar-refractivity contribution in [1.82, 2.24) is 9.55 Å². The maximum atomic E-state index is 12.4. The lowest BCUT2D eigenvalue weighted by Gasteiger charge is -2.09.